The van der Waals surface area contributed by atoms with Crippen molar-refractivity contribution in [1.82, 2.24) is 25.2 Å². The third-order valence-electron chi connectivity index (χ3n) is 4.49. The quantitative estimate of drug-likeness (QED) is 0.485. The van der Waals surface area contributed by atoms with Crippen LogP contribution in [0, 0.1) is 11.6 Å². The number of nitrogens with zero attached hydrogens (tertiary/aromatic N) is 5. The van der Waals surface area contributed by atoms with E-state index in [1.165, 1.54) is 6.07 Å². The number of hydrogen-bond acceptors (Lipinski definition) is 6. The molecule has 2 aromatic carbocycles. The zero-order chi connectivity index (χ0) is 20.6. The lowest BCUT2D eigenvalue weighted by molar-refractivity contribution is 0.101. The van der Waals surface area contributed by atoms with E-state index in [0.29, 0.717) is 17.6 Å². The highest BCUT2D eigenvalue weighted by atomic mass is 35.5. The highest BCUT2D eigenvalue weighted by Gasteiger charge is 2.36. The van der Waals surface area contributed by atoms with E-state index in [2.05, 4.69) is 20.5 Å². The topological polar surface area (TPSA) is 76.7 Å². The van der Waals surface area contributed by atoms with E-state index in [9.17, 15) is 13.9 Å². The molecule has 148 valence electrons. The average molecular weight is 434 g/mol. The number of halogens is 3. The zero-order valence-corrected chi connectivity index (χ0v) is 16.6. The summed E-state index contributed by atoms with van der Waals surface area (Å²) in [5.41, 5.74) is 0.232. The summed E-state index contributed by atoms with van der Waals surface area (Å²) in [6.07, 6.45) is 0. The highest BCUT2D eigenvalue weighted by molar-refractivity contribution is 7.10. The second-order valence-electron chi connectivity index (χ2n) is 6.36. The largest absolute Gasteiger partial charge is 0.376 e. The number of aliphatic hydroxyl groups is 1. The van der Waals surface area contributed by atoms with Gasteiger partial charge in [0.2, 0.25) is 0 Å². The number of tetrazole rings is 1. The number of alkyl halides is 1. The van der Waals surface area contributed by atoms with Crippen LogP contribution in [0.25, 0.3) is 22.6 Å². The molecule has 0 saturated heterocycles. The molecule has 0 spiro atoms. The van der Waals surface area contributed by atoms with Gasteiger partial charge in [0.1, 0.15) is 16.6 Å². The van der Waals surface area contributed by atoms with Crippen molar-refractivity contribution < 1.29 is 13.9 Å². The Morgan fingerprint density at radius 2 is 1.86 bits per heavy atom. The molecule has 0 amide bonds. The van der Waals surface area contributed by atoms with Gasteiger partial charge in [0.15, 0.2) is 11.4 Å². The molecule has 1 unspecified atom stereocenters. The first-order valence-electron chi connectivity index (χ1n) is 8.45. The SMILES string of the molecule is Cn1nnnc1-c1ccc(-c2csc(C(O)(CCl)c3ccc(F)cc3F)n2)cc1. The Hall–Kier alpha value is -2.75. The van der Waals surface area contributed by atoms with Gasteiger partial charge in [-0.1, -0.05) is 24.3 Å². The van der Waals surface area contributed by atoms with Crippen LogP contribution < -0.4 is 0 Å². The molecular weight excluding hydrogens is 420 g/mol. The van der Waals surface area contributed by atoms with Crippen LogP contribution in [-0.4, -0.2) is 36.2 Å². The number of aromatic nitrogens is 5. The van der Waals surface area contributed by atoms with Gasteiger partial charge in [0.05, 0.1) is 11.6 Å². The van der Waals surface area contributed by atoms with Crippen LogP contribution in [0.2, 0.25) is 0 Å². The van der Waals surface area contributed by atoms with Crippen molar-refractivity contribution in [2.45, 2.75) is 5.60 Å². The number of rotatable bonds is 5. The minimum atomic E-state index is -1.87. The summed E-state index contributed by atoms with van der Waals surface area (Å²) >= 11 is 7.12. The molecule has 10 heteroatoms. The standard InChI is InChI=1S/C19H14ClF2N5OS/c1-27-17(24-25-26-27)12-4-2-11(3-5-12)16-9-29-18(23-16)19(28,10-20)14-7-6-13(21)8-15(14)22/h2-9,28H,10H2,1H3. The molecule has 29 heavy (non-hydrogen) atoms. The number of thiazole rings is 1. The Bertz CT molecular complexity index is 1160. The first-order valence-corrected chi connectivity index (χ1v) is 9.87. The van der Waals surface area contributed by atoms with Crippen molar-refractivity contribution in [3.63, 3.8) is 0 Å². The minimum Gasteiger partial charge on any atom is -0.376 e. The number of hydrogen-bond donors (Lipinski definition) is 1. The van der Waals surface area contributed by atoms with Crippen molar-refractivity contribution in [1.29, 1.82) is 0 Å². The Balaban J connectivity index is 1.67. The molecule has 4 rings (SSSR count). The molecule has 0 radical (unpaired) electrons. The maximum absolute atomic E-state index is 14.3. The summed E-state index contributed by atoms with van der Waals surface area (Å²) in [5, 5.41) is 24.4. The maximum Gasteiger partial charge on any atom is 0.181 e. The molecule has 0 aliphatic heterocycles. The first-order chi connectivity index (χ1) is 13.9. The molecule has 0 aliphatic carbocycles. The van der Waals surface area contributed by atoms with Gasteiger partial charge in [0.25, 0.3) is 0 Å². The Labute approximate surface area is 173 Å². The van der Waals surface area contributed by atoms with Crippen LogP contribution in [0.5, 0.6) is 0 Å². The maximum atomic E-state index is 14.3. The molecule has 4 aromatic rings. The van der Waals surface area contributed by atoms with E-state index in [1.807, 2.05) is 24.3 Å². The molecule has 1 atom stereocenters. The van der Waals surface area contributed by atoms with Crippen molar-refractivity contribution >= 4 is 22.9 Å². The van der Waals surface area contributed by atoms with Gasteiger partial charge >= 0.3 is 0 Å². The molecular formula is C19H14ClF2N5OS. The third kappa shape index (κ3) is 3.52. The normalized spacial score (nSPS) is 13.4. The van der Waals surface area contributed by atoms with Gasteiger partial charge in [-0.25, -0.2) is 18.4 Å². The fraction of sp³-hybridized carbons (Fsp3) is 0.158. The van der Waals surface area contributed by atoms with Gasteiger partial charge in [0, 0.05) is 35.2 Å². The highest BCUT2D eigenvalue weighted by Crippen LogP contribution is 2.36. The second-order valence-corrected chi connectivity index (χ2v) is 7.48. The molecule has 0 fully saturated rings. The molecule has 1 N–H and O–H groups in total. The van der Waals surface area contributed by atoms with Gasteiger partial charge in [-0.05, 0) is 22.6 Å². The molecule has 0 bridgehead atoms. The van der Waals surface area contributed by atoms with Crippen molar-refractivity contribution in [3.05, 3.63) is 70.1 Å². The van der Waals surface area contributed by atoms with Crippen LogP contribution in [-0.2, 0) is 12.6 Å². The molecule has 2 heterocycles. The Kier molecular flexibility index (Phi) is 5.12. The Morgan fingerprint density at radius 3 is 2.48 bits per heavy atom. The van der Waals surface area contributed by atoms with Gasteiger partial charge in [-0.15, -0.1) is 28.0 Å². The lowest BCUT2D eigenvalue weighted by atomic mass is 9.95. The monoisotopic (exact) mass is 433 g/mol. The van der Waals surface area contributed by atoms with Crippen molar-refractivity contribution in [2.24, 2.45) is 7.05 Å². The summed E-state index contributed by atoms with van der Waals surface area (Å²) in [4.78, 5) is 4.45. The van der Waals surface area contributed by atoms with Crippen LogP contribution in [0.3, 0.4) is 0 Å². The first kappa shape index (κ1) is 19.6. The Morgan fingerprint density at radius 1 is 1.14 bits per heavy atom. The lowest BCUT2D eigenvalue weighted by Gasteiger charge is -2.24. The number of aryl methyl sites for hydroxylation is 1. The molecule has 0 aliphatic rings. The fourth-order valence-corrected chi connectivity index (χ4v) is 4.22. The summed E-state index contributed by atoms with van der Waals surface area (Å²) < 4.78 is 29.1. The lowest BCUT2D eigenvalue weighted by Crippen LogP contribution is -2.30. The van der Waals surface area contributed by atoms with E-state index in [1.54, 1.807) is 17.1 Å². The molecule has 0 saturated carbocycles. The van der Waals surface area contributed by atoms with E-state index in [-0.39, 0.29) is 16.5 Å². The summed E-state index contributed by atoms with van der Waals surface area (Å²) in [7, 11) is 1.75. The summed E-state index contributed by atoms with van der Waals surface area (Å²) in [6, 6.07) is 10.4. The smallest absolute Gasteiger partial charge is 0.181 e. The van der Waals surface area contributed by atoms with Gasteiger partial charge in [-0.2, -0.15) is 0 Å². The van der Waals surface area contributed by atoms with Crippen molar-refractivity contribution in [3.8, 4) is 22.6 Å². The van der Waals surface area contributed by atoms with Crippen molar-refractivity contribution in [2.75, 3.05) is 5.88 Å². The van der Waals surface area contributed by atoms with Crippen LogP contribution in [0.4, 0.5) is 8.78 Å². The zero-order valence-electron chi connectivity index (χ0n) is 15.1. The van der Waals surface area contributed by atoms with Gasteiger partial charge < -0.3 is 5.11 Å². The third-order valence-corrected chi connectivity index (χ3v) is 5.87. The number of benzene rings is 2. The molecule has 6 nitrogen and oxygen atoms in total. The predicted octanol–water partition coefficient (Wildman–Crippen LogP) is 3.75. The van der Waals surface area contributed by atoms with Gasteiger partial charge in [-0.3, -0.25) is 0 Å². The average Bonchev–Trinajstić information content (AvgIpc) is 3.37. The summed E-state index contributed by atoms with van der Waals surface area (Å²) in [6.45, 7) is 0. The van der Waals surface area contributed by atoms with Crippen LogP contribution >= 0.6 is 22.9 Å². The molecule has 2 aromatic heterocycles. The van der Waals surface area contributed by atoms with E-state index >= 15 is 0 Å². The van der Waals surface area contributed by atoms with E-state index in [4.69, 9.17) is 11.6 Å². The summed E-state index contributed by atoms with van der Waals surface area (Å²) in [5.74, 6) is -1.33. The second kappa shape index (κ2) is 7.58. The minimum absolute atomic E-state index is 0.125. The van der Waals surface area contributed by atoms with E-state index in [0.717, 1.165) is 28.5 Å². The van der Waals surface area contributed by atoms with E-state index < -0.39 is 17.2 Å². The predicted molar refractivity (Wildman–Crippen MR) is 105 cm³/mol. The fourth-order valence-electron chi connectivity index (χ4n) is 2.93. The van der Waals surface area contributed by atoms with Crippen LogP contribution in [0.15, 0.2) is 47.8 Å². The van der Waals surface area contributed by atoms with Crippen LogP contribution in [0.1, 0.15) is 10.6 Å².